The van der Waals surface area contributed by atoms with E-state index in [1.807, 2.05) is 24.5 Å². The van der Waals surface area contributed by atoms with E-state index in [9.17, 15) is 4.79 Å². The number of nitrogens with zero attached hydrogens (tertiary/aromatic N) is 2. The lowest BCUT2D eigenvalue weighted by Crippen LogP contribution is -2.26. The zero-order valence-corrected chi connectivity index (χ0v) is 12.9. The summed E-state index contributed by atoms with van der Waals surface area (Å²) in [7, 11) is 1.66. The number of hydrogen-bond donors (Lipinski definition) is 1. The predicted octanol–water partition coefficient (Wildman–Crippen LogP) is 2.31. The van der Waals surface area contributed by atoms with Gasteiger partial charge in [0, 0.05) is 26.3 Å². The molecule has 2 rings (SSSR count). The number of benzene rings is 1. The van der Waals surface area contributed by atoms with Gasteiger partial charge in [-0.15, -0.1) is 0 Å². The third-order valence-electron chi connectivity index (χ3n) is 3.41. The Bertz CT molecular complexity index is 605. The molecule has 0 aliphatic carbocycles. The monoisotopic (exact) mass is 289 g/mol. The molecule has 2 aromatic rings. The fourth-order valence-electron chi connectivity index (χ4n) is 2.29. The smallest absolute Gasteiger partial charge is 0.224 e. The van der Waals surface area contributed by atoms with E-state index < -0.39 is 0 Å². The van der Waals surface area contributed by atoms with Crippen molar-refractivity contribution in [2.75, 3.05) is 20.3 Å². The second-order valence-electron chi connectivity index (χ2n) is 5.44. The number of imidazole rings is 1. The molecule has 0 saturated heterocycles. The van der Waals surface area contributed by atoms with E-state index in [2.05, 4.69) is 28.7 Å². The summed E-state index contributed by atoms with van der Waals surface area (Å²) in [5.74, 6) is 0.0359. The van der Waals surface area contributed by atoms with E-state index in [-0.39, 0.29) is 5.91 Å². The Labute approximate surface area is 125 Å². The molecule has 5 nitrogen and oxygen atoms in total. The third kappa shape index (κ3) is 4.04. The first-order valence-electron chi connectivity index (χ1n) is 7.33. The van der Waals surface area contributed by atoms with Crippen molar-refractivity contribution in [2.24, 2.45) is 0 Å². The first kappa shape index (κ1) is 15.5. The van der Waals surface area contributed by atoms with Gasteiger partial charge < -0.3 is 14.6 Å². The van der Waals surface area contributed by atoms with Crippen molar-refractivity contribution in [3.05, 3.63) is 30.1 Å². The second kappa shape index (κ2) is 7.22. The molecule has 0 bridgehead atoms. The molecule has 21 heavy (non-hydrogen) atoms. The molecule has 0 atom stereocenters. The van der Waals surface area contributed by atoms with Gasteiger partial charge in [0.1, 0.15) is 0 Å². The quantitative estimate of drug-likeness (QED) is 0.796. The summed E-state index contributed by atoms with van der Waals surface area (Å²) in [6.45, 7) is 5.57. The number of methoxy groups -OCH3 is 1. The molecule has 0 saturated carbocycles. The van der Waals surface area contributed by atoms with Crippen LogP contribution in [-0.2, 0) is 16.0 Å². The lowest BCUT2D eigenvalue weighted by atomic mass is 10.1. The Morgan fingerprint density at radius 3 is 2.95 bits per heavy atom. The summed E-state index contributed by atoms with van der Waals surface area (Å²) >= 11 is 0. The number of fused-ring (bicyclic) bond motifs is 1. The summed E-state index contributed by atoms with van der Waals surface area (Å²) in [6, 6.07) is 6.40. The number of ether oxygens (including phenoxy) is 1. The molecule has 1 heterocycles. The van der Waals surface area contributed by atoms with E-state index >= 15 is 0 Å². The number of aromatic nitrogens is 2. The van der Waals surface area contributed by atoms with Gasteiger partial charge in [-0.3, -0.25) is 4.79 Å². The number of rotatable bonds is 7. The Balaban J connectivity index is 1.98. The number of nitrogens with one attached hydrogen (secondary N) is 1. The molecule has 1 aromatic carbocycles. The Morgan fingerprint density at radius 2 is 2.24 bits per heavy atom. The number of hydrogen-bond acceptors (Lipinski definition) is 3. The molecular formula is C16H23N3O2. The minimum absolute atomic E-state index is 0.0359. The molecule has 0 unspecified atom stereocenters. The van der Waals surface area contributed by atoms with Gasteiger partial charge in [0.15, 0.2) is 0 Å². The van der Waals surface area contributed by atoms with Crippen LogP contribution in [0.5, 0.6) is 0 Å². The fourth-order valence-corrected chi connectivity index (χ4v) is 2.29. The van der Waals surface area contributed by atoms with Crippen LogP contribution in [0.1, 0.15) is 31.9 Å². The Hall–Kier alpha value is -1.88. The topological polar surface area (TPSA) is 56.1 Å². The van der Waals surface area contributed by atoms with Gasteiger partial charge in [0.25, 0.3) is 0 Å². The van der Waals surface area contributed by atoms with Crippen molar-refractivity contribution in [1.29, 1.82) is 0 Å². The standard InChI is InChI=1S/C16H23N3O2/c1-12(2)19-11-18-14-9-13(5-6-15(14)19)10-16(20)17-7-4-8-21-3/h5-6,9,11-12H,4,7-8,10H2,1-3H3,(H,17,20). The minimum atomic E-state index is 0.0359. The maximum Gasteiger partial charge on any atom is 0.224 e. The molecular weight excluding hydrogens is 266 g/mol. The highest BCUT2D eigenvalue weighted by Crippen LogP contribution is 2.19. The number of carbonyl (C=O) groups is 1. The van der Waals surface area contributed by atoms with Crippen molar-refractivity contribution in [2.45, 2.75) is 32.7 Å². The van der Waals surface area contributed by atoms with Gasteiger partial charge in [-0.05, 0) is 38.0 Å². The molecule has 0 aliphatic heterocycles. The summed E-state index contributed by atoms with van der Waals surface area (Å²) in [6.07, 6.45) is 3.07. The van der Waals surface area contributed by atoms with Crippen molar-refractivity contribution in [1.82, 2.24) is 14.9 Å². The van der Waals surface area contributed by atoms with Crippen LogP contribution in [-0.4, -0.2) is 35.7 Å². The Kier molecular flexibility index (Phi) is 5.33. The van der Waals surface area contributed by atoms with E-state index in [1.54, 1.807) is 7.11 Å². The van der Waals surface area contributed by atoms with Crippen molar-refractivity contribution < 1.29 is 9.53 Å². The zero-order chi connectivity index (χ0) is 15.2. The molecule has 5 heteroatoms. The van der Waals surface area contributed by atoms with E-state index in [0.717, 1.165) is 23.0 Å². The van der Waals surface area contributed by atoms with Gasteiger partial charge >= 0.3 is 0 Å². The van der Waals surface area contributed by atoms with Crippen LogP contribution in [0.4, 0.5) is 0 Å². The first-order valence-corrected chi connectivity index (χ1v) is 7.33. The second-order valence-corrected chi connectivity index (χ2v) is 5.44. The molecule has 114 valence electrons. The van der Waals surface area contributed by atoms with Crippen molar-refractivity contribution >= 4 is 16.9 Å². The lowest BCUT2D eigenvalue weighted by Gasteiger charge is -2.08. The third-order valence-corrected chi connectivity index (χ3v) is 3.41. The summed E-state index contributed by atoms with van der Waals surface area (Å²) in [5, 5.41) is 2.89. The van der Waals surface area contributed by atoms with E-state index in [0.29, 0.717) is 25.6 Å². The van der Waals surface area contributed by atoms with Crippen LogP contribution in [0, 0.1) is 0 Å². The molecule has 0 radical (unpaired) electrons. The van der Waals surface area contributed by atoms with Crippen molar-refractivity contribution in [3.8, 4) is 0 Å². The maximum absolute atomic E-state index is 11.8. The zero-order valence-electron chi connectivity index (χ0n) is 12.9. The van der Waals surface area contributed by atoms with Crippen LogP contribution in [0.25, 0.3) is 11.0 Å². The first-order chi connectivity index (χ1) is 10.1. The van der Waals surface area contributed by atoms with Crippen LogP contribution in [0.2, 0.25) is 0 Å². The lowest BCUT2D eigenvalue weighted by molar-refractivity contribution is -0.120. The molecule has 1 amide bonds. The van der Waals surface area contributed by atoms with Crippen LogP contribution < -0.4 is 5.32 Å². The maximum atomic E-state index is 11.8. The average molecular weight is 289 g/mol. The van der Waals surface area contributed by atoms with Crippen molar-refractivity contribution in [3.63, 3.8) is 0 Å². The number of amides is 1. The summed E-state index contributed by atoms with van der Waals surface area (Å²) in [5.41, 5.74) is 3.03. The highest BCUT2D eigenvalue weighted by atomic mass is 16.5. The largest absolute Gasteiger partial charge is 0.385 e. The molecule has 0 aliphatic rings. The van der Waals surface area contributed by atoms with Gasteiger partial charge in [-0.1, -0.05) is 6.07 Å². The van der Waals surface area contributed by atoms with Crippen LogP contribution in [0.3, 0.4) is 0 Å². The van der Waals surface area contributed by atoms with Gasteiger partial charge in [-0.2, -0.15) is 0 Å². The molecule has 0 fully saturated rings. The van der Waals surface area contributed by atoms with E-state index in [4.69, 9.17) is 4.74 Å². The fraction of sp³-hybridized carbons (Fsp3) is 0.500. The SMILES string of the molecule is COCCCNC(=O)Cc1ccc2c(c1)ncn2C(C)C. The minimum Gasteiger partial charge on any atom is -0.385 e. The highest BCUT2D eigenvalue weighted by Gasteiger charge is 2.08. The molecule has 0 spiro atoms. The normalized spacial score (nSPS) is 11.2. The summed E-state index contributed by atoms with van der Waals surface area (Å²) < 4.78 is 7.08. The number of carbonyl (C=O) groups excluding carboxylic acids is 1. The summed E-state index contributed by atoms with van der Waals surface area (Å²) in [4.78, 5) is 16.3. The van der Waals surface area contributed by atoms with Crippen LogP contribution >= 0.6 is 0 Å². The van der Waals surface area contributed by atoms with Gasteiger partial charge in [0.2, 0.25) is 5.91 Å². The predicted molar refractivity (Wildman–Crippen MR) is 83.3 cm³/mol. The average Bonchev–Trinajstić information content (AvgIpc) is 2.87. The van der Waals surface area contributed by atoms with Gasteiger partial charge in [0.05, 0.1) is 23.8 Å². The molecule has 1 aromatic heterocycles. The molecule has 1 N–H and O–H groups in total. The van der Waals surface area contributed by atoms with E-state index in [1.165, 1.54) is 0 Å². The Morgan fingerprint density at radius 1 is 1.43 bits per heavy atom. The van der Waals surface area contributed by atoms with Gasteiger partial charge in [-0.25, -0.2) is 4.98 Å². The highest BCUT2D eigenvalue weighted by molar-refractivity contribution is 5.81. The van der Waals surface area contributed by atoms with Crippen LogP contribution in [0.15, 0.2) is 24.5 Å².